The van der Waals surface area contributed by atoms with Gasteiger partial charge in [-0.15, -0.1) is 0 Å². The molecule has 0 bridgehead atoms. The summed E-state index contributed by atoms with van der Waals surface area (Å²) in [7, 11) is 0. The summed E-state index contributed by atoms with van der Waals surface area (Å²) >= 11 is 0. The van der Waals surface area contributed by atoms with Gasteiger partial charge in [-0.3, -0.25) is 0 Å². The Morgan fingerprint density at radius 2 is 1.61 bits per heavy atom. The maximum atomic E-state index is 2.63. The molecule has 0 heteroatoms. The average Bonchev–Trinajstić information content (AvgIpc) is 3.43. The predicted molar refractivity (Wildman–Crippen MR) is 99.1 cm³/mol. The number of hydrogen-bond acceptors (Lipinski definition) is 0. The molecule has 0 aromatic rings. The lowest BCUT2D eigenvalue weighted by Crippen LogP contribution is -2.12. The van der Waals surface area contributed by atoms with E-state index in [1.54, 1.807) is 32.1 Å². The highest BCUT2D eigenvalue weighted by Crippen LogP contribution is 2.67. The van der Waals surface area contributed by atoms with Gasteiger partial charge >= 0.3 is 0 Å². The van der Waals surface area contributed by atoms with Crippen molar-refractivity contribution < 1.29 is 0 Å². The van der Waals surface area contributed by atoms with Crippen LogP contribution in [0.5, 0.6) is 0 Å². The van der Waals surface area contributed by atoms with Gasteiger partial charge in [0, 0.05) is 0 Å². The molecule has 0 radical (unpaired) electrons. The largest absolute Gasteiger partial charge is 0.0654 e. The number of unbranched alkanes of at least 4 members (excludes halogenated alkanes) is 1. The zero-order chi connectivity index (χ0) is 16.1. The van der Waals surface area contributed by atoms with Crippen molar-refractivity contribution in [1.29, 1.82) is 0 Å². The first-order valence-electron chi connectivity index (χ1n) is 11.2. The molecule has 0 saturated heterocycles. The molecule has 23 heavy (non-hydrogen) atoms. The van der Waals surface area contributed by atoms with E-state index in [1.165, 1.54) is 31.6 Å². The molecule has 0 heterocycles. The van der Waals surface area contributed by atoms with Crippen LogP contribution in [-0.4, -0.2) is 0 Å². The summed E-state index contributed by atoms with van der Waals surface area (Å²) in [5.74, 6) is 11.3. The SMILES string of the molecule is CCCCC1CC1C1CC1C(C)C1CC1C(CC)C1CC1CC. The summed E-state index contributed by atoms with van der Waals surface area (Å²) in [4.78, 5) is 0. The van der Waals surface area contributed by atoms with Crippen molar-refractivity contribution in [2.45, 2.75) is 85.5 Å². The van der Waals surface area contributed by atoms with E-state index in [1.807, 2.05) is 0 Å². The highest BCUT2D eigenvalue weighted by atomic mass is 14.6. The predicted octanol–water partition coefficient (Wildman–Crippen LogP) is 6.79. The Bertz CT molecular complexity index is 412. The van der Waals surface area contributed by atoms with Crippen LogP contribution in [0.15, 0.2) is 0 Å². The molecule has 0 aromatic heterocycles. The van der Waals surface area contributed by atoms with Gasteiger partial charge in [0.1, 0.15) is 0 Å². The summed E-state index contributed by atoms with van der Waals surface area (Å²) < 4.78 is 0. The van der Waals surface area contributed by atoms with E-state index in [-0.39, 0.29) is 0 Å². The first-order chi connectivity index (χ1) is 11.2. The fourth-order valence-electron chi connectivity index (χ4n) is 6.76. The summed E-state index contributed by atoms with van der Waals surface area (Å²) in [6, 6.07) is 0. The quantitative estimate of drug-likeness (QED) is 0.416. The van der Waals surface area contributed by atoms with Crippen molar-refractivity contribution in [2.75, 3.05) is 0 Å². The Morgan fingerprint density at radius 3 is 2.26 bits per heavy atom. The molecular weight excluding hydrogens is 276 g/mol. The molecule has 0 aromatic carbocycles. The smallest absolute Gasteiger partial charge is 0.0349 e. The van der Waals surface area contributed by atoms with Crippen molar-refractivity contribution in [1.82, 2.24) is 0 Å². The second-order valence-corrected chi connectivity index (χ2v) is 9.93. The van der Waals surface area contributed by atoms with Crippen LogP contribution in [0.1, 0.15) is 85.5 Å². The minimum Gasteiger partial charge on any atom is -0.0654 e. The van der Waals surface area contributed by atoms with E-state index in [0.717, 1.165) is 53.3 Å². The van der Waals surface area contributed by atoms with E-state index in [2.05, 4.69) is 27.7 Å². The van der Waals surface area contributed by atoms with Gasteiger partial charge in [0.15, 0.2) is 0 Å². The lowest BCUT2D eigenvalue weighted by atomic mass is 9.87. The van der Waals surface area contributed by atoms with E-state index < -0.39 is 0 Å². The van der Waals surface area contributed by atoms with Crippen LogP contribution in [-0.2, 0) is 0 Å². The van der Waals surface area contributed by atoms with E-state index in [9.17, 15) is 0 Å². The third kappa shape index (κ3) is 3.25. The van der Waals surface area contributed by atoms with Crippen molar-refractivity contribution in [3.05, 3.63) is 0 Å². The lowest BCUT2D eigenvalue weighted by molar-refractivity contribution is 0.305. The first kappa shape index (κ1) is 16.5. The molecule has 4 aliphatic carbocycles. The second kappa shape index (κ2) is 6.38. The minimum atomic E-state index is 1.06. The molecule has 0 N–H and O–H groups in total. The van der Waals surface area contributed by atoms with Gasteiger partial charge in [-0.25, -0.2) is 0 Å². The molecule has 10 unspecified atom stereocenters. The minimum absolute atomic E-state index is 1.06. The van der Waals surface area contributed by atoms with Crippen LogP contribution in [0.3, 0.4) is 0 Å². The molecule has 4 aliphatic rings. The molecular formula is C23H40. The van der Waals surface area contributed by atoms with E-state index in [0.29, 0.717) is 0 Å². The Balaban J connectivity index is 1.22. The van der Waals surface area contributed by atoms with Gasteiger partial charge in [0.25, 0.3) is 0 Å². The summed E-state index contributed by atoms with van der Waals surface area (Å²) in [5.41, 5.74) is 0. The monoisotopic (exact) mass is 316 g/mol. The van der Waals surface area contributed by atoms with Gasteiger partial charge in [0.2, 0.25) is 0 Å². The fraction of sp³-hybridized carbons (Fsp3) is 1.00. The van der Waals surface area contributed by atoms with Crippen LogP contribution >= 0.6 is 0 Å². The molecule has 10 atom stereocenters. The normalized spacial score (nSPS) is 49.6. The summed E-state index contributed by atoms with van der Waals surface area (Å²) in [6.07, 6.45) is 13.7. The Labute approximate surface area is 145 Å². The first-order valence-corrected chi connectivity index (χ1v) is 11.2. The molecule has 132 valence electrons. The average molecular weight is 317 g/mol. The van der Waals surface area contributed by atoms with Crippen LogP contribution in [0.25, 0.3) is 0 Å². The zero-order valence-corrected chi connectivity index (χ0v) is 16.1. The third-order valence-corrected chi connectivity index (χ3v) is 8.66. The van der Waals surface area contributed by atoms with Crippen molar-refractivity contribution in [2.24, 2.45) is 59.2 Å². The van der Waals surface area contributed by atoms with Crippen molar-refractivity contribution >= 4 is 0 Å². The molecule has 0 spiro atoms. The molecule has 4 fully saturated rings. The maximum absolute atomic E-state index is 2.63. The van der Waals surface area contributed by atoms with Gasteiger partial charge < -0.3 is 0 Å². The maximum Gasteiger partial charge on any atom is -0.0349 e. The van der Waals surface area contributed by atoms with Crippen molar-refractivity contribution in [3.8, 4) is 0 Å². The standard InChI is InChI=1S/C23H40/c1-5-8-9-16-11-21(16)23-13-19(23)14(4)18-12-22(18)17(7-3)20-10-15(20)6-2/h14-23H,5-13H2,1-4H3. The molecule has 0 amide bonds. The van der Waals surface area contributed by atoms with Gasteiger partial charge in [0.05, 0.1) is 0 Å². The van der Waals surface area contributed by atoms with Crippen LogP contribution < -0.4 is 0 Å². The van der Waals surface area contributed by atoms with Crippen molar-refractivity contribution in [3.63, 3.8) is 0 Å². The van der Waals surface area contributed by atoms with Crippen LogP contribution in [0, 0.1) is 59.2 Å². The zero-order valence-electron chi connectivity index (χ0n) is 16.1. The van der Waals surface area contributed by atoms with Gasteiger partial charge in [-0.05, 0) is 84.9 Å². The van der Waals surface area contributed by atoms with E-state index in [4.69, 9.17) is 0 Å². The topological polar surface area (TPSA) is 0 Å². The summed E-state index contributed by atoms with van der Waals surface area (Å²) in [5, 5.41) is 0. The second-order valence-electron chi connectivity index (χ2n) is 9.93. The highest BCUT2D eigenvalue weighted by Gasteiger charge is 2.59. The number of rotatable bonds is 10. The van der Waals surface area contributed by atoms with Crippen LogP contribution in [0.2, 0.25) is 0 Å². The third-order valence-electron chi connectivity index (χ3n) is 8.66. The highest BCUT2D eigenvalue weighted by molar-refractivity contribution is 5.08. The lowest BCUT2D eigenvalue weighted by Gasteiger charge is -2.18. The van der Waals surface area contributed by atoms with E-state index >= 15 is 0 Å². The molecule has 4 rings (SSSR count). The van der Waals surface area contributed by atoms with Gasteiger partial charge in [-0.2, -0.15) is 0 Å². The van der Waals surface area contributed by atoms with Crippen LogP contribution in [0.4, 0.5) is 0 Å². The summed E-state index contributed by atoms with van der Waals surface area (Å²) in [6.45, 7) is 9.86. The molecule has 0 nitrogen and oxygen atoms in total. The fourth-order valence-corrected chi connectivity index (χ4v) is 6.76. The Morgan fingerprint density at radius 1 is 0.783 bits per heavy atom. The van der Waals surface area contributed by atoms with Gasteiger partial charge in [-0.1, -0.05) is 59.8 Å². The Kier molecular flexibility index (Phi) is 4.57. The molecule has 4 saturated carbocycles. The number of hydrogen-bond donors (Lipinski definition) is 0. The Hall–Kier alpha value is 0. The molecule has 0 aliphatic heterocycles.